The molecule has 0 aromatic heterocycles. The summed E-state index contributed by atoms with van der Waals surface area (Å²) >= 11 is 0. The number of alkyl halides is 3. The summed E-state index contributed by atoms with van der Waals surface area (Å²) in [5.74, 6) is -0.885. The number of carbonyl (C=O) groups excluding carboxylic acids is 1. The number of hydrogen-bond donors (Lipinski definition) is 1. The summed E-state index contributed by atoms with van der Waals surface area (Å²) in [4.78, 5) is 11.0. The number of ketones is 1. The van der Waals surface area contributed by atoms with E-state index in [1.807, 2.05) is 6.07 Å². The van der Waals surface area contributed by atoms with E-state index in [-0.39, 0.29) is 5.70 Å². The second-order valence-corrected chi connectivity index (χ2v) is 4.73. The van der Waals surface area contributed by atoms with Gasteiger partial charge in [-0.1, -0.05) is 30.3 Å². The Balaban J connectivity index is 2.18. The van der Waals surface area contributed by atoms with Gasteiger partial charge in [0, 0.05) is 11.8 Å². The lowest BCUT2D eigenvalue weighted by Gasteiger charge is -2.13. The zero-order valence-electron chi connectivity index (χ0n) is 12.2. The van der Waals surface area contributed by atoms with E-state index in [0.717, 1.165) is 0 Å². The predicted octanol–water partition coefficient (Wildman–Crippen LogP) is 4.93. The number of rotatable bonds is 5. The highest BCUT2D eigenvalue weighted by atomic mass is 19.4. The summed E-state index contributed by atoms with van der Waals surface area (Å²) in [6.45, 7) is 1.38. The number of halogens is 3. The van der Waals surface area contributed by atoms with Crippen molar-refractivity contribution in [3.63, 3.8) is 0 Å². The zero-order valence-corrected chi connectivity index (χ0v) is 12.2. The van der Waals surface area contributed by atoms with Crippen molar-refractivity contribution in [2.75, 3.05) is 5.32 Å². The molecule has 0 bridgehead atoms. The summed E-state index contributed by atoms with van der Waals surface area (Å²) in [7, 11) is 0. The van der Waals surface area contributed by atoms with Crippen molar-refractivity contribution in [3.05, 3.63) is 66.4 Å². The molecule has 2 aromatic carbocycles. The first-order valence-electron chi connectivity index (χ1n) is 6.74. The number of benzene rings is 2. The van der Waals surface area contributed by atoms with Crippen LogP contribution in [0.3, 0.4) is 0 Å². The minimum absolute atomic E-state index is 0.0661. The van der Waals surface area contributed by atoms with Crippen molar-refractivity contribution in [2.45, 2.75) is 13.1 Å². The fourth-order valence-corrected chi connectivity index (χ4v) is 1.80. The molecule has 0 aliphatic carbocycles. The van der Waals surface area contributed by atoms with Gasteiger partial charge < -0.3 is 10.1 Å². The molecule has 6 heteroatoms. The topological polar surface area (TPSA) is 38.3 Å². The molecule has 0 saturated heterocycles. The maximum atomic E-state index is 12.3. The monoisotopic (exact) mass is 321 g/mol. The number of allylic oxidation sites excluding steroid dienone is 2. The molecule has 23 heavy (non-hydrogen) atoms. The summed E-state index contributed by atoms with van der Waals surface area (Å²) in [6.07, 6.45) is -4.37. The molecule has 0 heterocycles. The lowest BCUT2D eigenvalue weighted by atomic mass is 10.2. The Labute approximate surface area is 131 Å². The molecular weight excluding hydrogens is 307 g/mol. The fraction of sp³-hybridized carbons (Fsp3) is 0.118. The van der Waals surface area contributed by atoms with Gasteiger partial charge in [-0.25, -0.2) is 0 Å². The average Bonchev–Trinajstić information content (AvgIpc) is 2.49. The summed E-state index contributed by atoms with van der Waals surface area (Å²) in [5.41, 5.74) is 0.525. The predicted molar refractivity (Wildman–Crippen MR) is 81.4 cm³/mol. The van der Waals surface area contributed by atoms with Crippen LogP contribution in [0.1, 0.15) is 6.92 Å². The van der Waals surface area contributed by atoms with Gasteiger partial charge in [0.05, 0.1) is 5.69 Å². The van der Waals surface area contributed by atoms with Crippen LogP contribution in [0, 0.1) is 0 Å². The fourth-order valence-electron chi connectivity index (χ4n) is 1.80. The van der Waals surface area contributed by atoms with E-state index in [4.69, 9.17) is 4.74 Å². The molecule has 0 atom stereocenters. The minimum atomic E-state index is -4.89. The van der Waals surface area contributed by atoms with Crippen molar-refractivity contribution in [3.8, 4) is 11.5 Å². The number of nitrogens with one attached hydrogen (secondary N) is 1. The third-order valence-electron chi connectivity index (χ3n) is 2.82. The van der Waals surface area contributed by atoms with Gasteiger partial charge in [0.25, 0.3) is 5.78 Å². The highest BCUT2D eigenvalue weighted by Gasteiger charge is 2.36. The van der Waals surface area contributed by atoms with Crippen LogP contribution in [0.2, 0.25) is 0 Å². The standard InChI is InChI=1S/C17H14F3NO2/c1-12(11-16(22)17(18,19)20)21-14-9-5-6-10-15(14)23-13-7-3-2-4-8-13/h2-11,21H,1H3. The van der Waals surface area contributed by atoms with Gasteiger partial charge in [0.1, 0.15) is 5.75 Å². The van der Waals surface area contributed by atoms with Crippen molar-refractivity contribution in [2.24, 2.45) is 0 Å². The van der Waals surface area contributed by atoms with Crippen LogP contribution < -0.4 is 10.1 Å². The first-order valence-corrected chi connectivity index (χ1v) is 6.74. The Hall–Kier alpha value is -2.76. The van der Waals surface area contributed by atoms with Crippen molar-refractivity contribution in [1.29, 1.82) is 0 Å². The summed E-state index contributed by atoms with van der Waals surface area (Å²) in [6, 6.07) is 15.7. The van der Waals surface area contributed by atoms with Gasteiger partial charge in [-0.3, -0.25) is 4.79 Å². The van der Waals surface area contributed by atoms with Gasteiger partial charge in [-0.2, -0.15) is 13.2 Å². The number of hydrogen-bond acceptors (Lipinski definition) is 3. The molecular formula is C17H14F3NO2. The zero-order chi connectivity index (χ0) is 16.9. The molecule has 0 radical (unpaired) electrons. The normalized spacial score (nSPS) is 11.9. The smallest absolute Gasteiger partial charge is 0.454 e. The van der Waals surface area contributed by atoms with Crippen LogP contribution in [0.25, 0.3) is 0 Å². The highest BCUT2D eigenvalue weighted by Crippen LogP contribution is 2.30. The molecule has 0 aliphatic rings. The van der Waals surface area contributed by atoms with E-state index in [1.54, 1.807) is 48.5 Å². The van der Waals surface area contributed by atoms with Gasteiger partial charge in [0.15, 0.2) is 5.75 Å². The molecule has 0 amide bonds. The van der Waals surface area contributed by atoms with Crippen LogP contribution in [-0.4, -0.2) is 12.0 Å². The maximum Gasteiger partial charge on any atom is 0.454 e. The SMILES string of the molecule is CC(=CC(=O)C(F)(F)F)Nc1ccccc1Oc1ccccc1. The largest absolute Gasteiger partial charge is 0.455 e. The van der Waals surface area contributed by atoms with E-state index in [9.17, 15) is 18.0 Å². The van der Waals surface area contributed by atoms with E-state index in [2.05, 4.69) is 5.32 Å². The first-order chi connectivity index (χ1) is 10.9. The first kappa shape index (κ1) is 16.6. The van der Waals surface area contributed by atoms with Crippen LogP contribution in [-0.2, 0) is 4.79 Å². The maximum absolute atomic E-state index is 12.3. The van der Waals surface area contributed by atoms with Crippen molar-refractivity contribution in [1.82, 2.24) is 0 Å². The van der Waals surface area contributed by atoms with Gasteiger partial charge in [-0.05, 0) is 31.2 Å². The average molecular weight is 321 g/mol. The van der Waals surface area contributed by atoms with Gasteiger partial charge in [0.2, 0.25) is 0 Å². The number of carbonyl (C=O) groups is 1. The van der Waals surface area contributed by atoms with E-state index < -0.39 is 12.0 Å². The van der Waals surface area contributed by atoms with Crippen LogP contribution in [0.15, 0.2) is 66.4 Å². The van der Waals surface area contributed by atoms with Crippen molar-refractivity contribution < 1.29 is 22.7 Å². The second kappa shape index (κ2) is 7.00. The Kier molecular flexibility index (Phi) is 5.05. The lowest BCUT2D eigenvalue weighted by Crippen LogP contribution is -2.21. The van der Waals surface area contributed by atoms with Gasteiger partial charge in [-0.15, -0.1) is 0 Å². The number of ether oxygens (including phenoxy) is 1. The molecule has 2 aromatic rings. The number of para-hydroxylation sites is 3. The van der Waals surface area contributed by atoms with Crippen LogP contribution >= 0.6 is 0 Å². The Morgan fingerprint density at radius 2 is 1.65 bits per heavy atom. The molecule has 3 nitrogen and oxygen atoms in total. The van der Waals surface area contributed by atoms with E-state index in [1.165, 1.54) is 6.92 Å². The van der Waals surface area contributed by atoms with Crippen LogP contribution in [0.5, 0.6) is 11.5 Å². The third-order valence-corrected chi connectivity index (χ3v) is 2.82. The molecule has 0 fully saturated rings. The Morgan fingerprint density at radius 3 is 2.30 bits per heavy atom. The number of anilines is 1. The van der Waals surface area contributed by atoms with Crippen molar-refractivity contribution >= 4 is 11.5 Å². The van der Waals surface area contributed by atoms with E-state index >= 15 is 0 Å². The molecule has 0 saturated carbocycles. The molecule has 120 valence electrons. The van der Waals surface area contributed by atoms with Crippen LogP contribution in [0.4, 0.5) is 18.9 Å². The Bertz CT molecular complexity index is 709. The molecule has 0 aliphatic heterocycles. The molecule has 1 N–H and O–H groups in total. The summed E-state index contributed by atoms with van der Waals surface area (Å²) in [5, 5.41) is 2.75. The minimum Gasteiger partial charge on any atom is -0.455 e. The highest BCUT2D eigenvalue weighted by molar-refractivity contribution is 5.95. The third kappa shape index (κ3) is 4.88. The van der Waals surface area contributed by atoms with Gasteiger partial charge >= 0.3 is 6.18 Å². The Morgan fingerprint density at radius 1 is 1.04 bits per heavy atom. The molecule has 2 rings (SSSR count). The lowest BCUT2D eigenvalue weighted by molar-refractivity contribution is -0.165. The second-order valence-electron chi connectivity index (χ2n) is 4.73. The molecule has 0 spiro atoms. The quantitative estimate of drug-likeness (QED) is 0.794. The van der Waals surface area contributed by atoms with E-state index in [0.29, 0.717) is 23.3 Å². The summed E-state index contributed by atoms with van der Waals surface area (Å²) < 4.78 is 42.5. The molecule has 0 unspecified atom stereocenters.